The number of hydrogen-bond donors (Lipinski definition) is 0. The van der Waals surface area contributed by atoms with Gasteiger partial charge in [0.15, 0.2) is 0 Å². The van der Waals surface area contributed by atoms with Crippen LogP contribution in [0.5, 0.6) is 0 Å². The van der Waals surface area contributed by atoms with Crippen molar-refractivity contribution in [2.45, 2.75) is 51.6 Å². The van der Waals surface area contributed by atoms with Crippen LogP contribution in [0.3, 0.4) is 0 Å². The van der Waals surface area contributed by atoms with Gasteiger partial charge in [-0.1, -0.05) is 26.8 Å². The molecule has 2 unspecified atom stereocenters. The molecule has 2 bridgehead atoms. The third kappa shape index (κ3) is 2.14. The molecule has 3 heteroatoms. The number of nitrogens with zero attached hydrogens (tertiary/aromatic N) is 3. The number of likely N-dealkylation sites (N-methyl/N-ethyl adjacent to an activating group) is 1. The van der Waals surface area contributed by atoms with Gasteiger partial charge < -0.3 is 4.90 Å². The first-order valence-electron chi connectivity index (χ1n) is 7.56. The highest BCUT2D eigenvalue weighted by atomic mass is 15.4. The molecule has 4 heterocycles. The summed E-state index contributed by atoms with van der Waals surface area (Å²) >= 11 is 0. The number of pyridine rings is 1. The maximum absolute atomic E-state index is 4.92. The van der Waals surface area contributed by atoms with Gasteiger partial charge in [0.05, 0.1) is 0 Å². The minimum absolute atomic E-state index is 0.567. The predicted octanol–water partition coefficient (Wildman–Crippen LogP) is 2.66. The number of piperazine rings is 1. The summed E-state index contributed by atoms with van der Waals surface area (Å²) in [5.41, 5.74) is 2.69. The van der Waals surface area contributed by atoms with E-state index in [0.717, 1.165) is 31.6 Å². The number of aryl methyl sites for hydroxylation is 1. The molecular weight excluding hydrogens is 234 g/mol. The highest BCUT2D eigenvalue weighted by Crippen LogP contribution is 2.33. The van der Waals surface area contributed by atoms with E-state index in [4.69, 9.17) is 4.98 Å². The van der Waals surface area contributed by atoms with Gasteiger partial charge in [0.1, 0.15) is 5.82 Å². The number of hydrogen-bond acceptors (Lipinski definition) is 3. The molecule has 3 saturated heterocycles. The average molecular weight is 259 g/mol. The van der Waals surface area contributed by atoms with E-state index in [9.17, 15) is 0 Å². The molecule has 3 fully saturated rings. The van der Waals surface area contributed by atoms with Crippen LogP contribution in [-0.4, -0.2) is 42.1 Å². The summed E-state index contributed by atoms with van der Waals surface area (Å²) in [6.07, 6.45) is 2.40. The van der Waals surface area contributed by atoms with Crippen molar-refractivity contribution in [3.8, 4) is 0 Å². The van der Waals surface area contributed by atoms with E-state index in [-0.39, 0.29) is 0 Å². The van der Waals surface area contributed by atoms with Gasteiger partial charge in [0, 0.05) is 30.9 Å². The van der Waals surface area contributed by atoms with Crippen LogP contribution >= 0.6 is 0 Å². The molecule has 19 heavy (non-hydrogen) atoms. The van der Waals surface area contributed by atoms with Crippen LogP contribution < -0.4 is 4.90 Å². The molecule has 1 aromatic heterocycles. The zero-order valence-corrected chi connectivity index (χ0v) is 12.6. The zero-order chi connectivity index (χ0) is 13.6. The van der Waals surface area contributed by atoms with Gasteiger partial charge in [-0.15, -0.1) is 0 Å². The van der Waals surface area contributed by atoms with Crippen molar-refractivity contribution in [1.82, 2.24) is 9.88 Å². The van der Waals surface area contributed by atoms with Crippen LogP contribution in [0, 0.1) is 0 Å². The highest BCUT2D eigenvalue weighted by Gasteiger charge is 2.42. The molecule has 0 amide bonds. The van der Waals surface area contributed by atoms with E-state index < -0.39 is 0 Å². The second-order valence-electron chi connectivity index (χ2n) is 6.33. The van der Waals surface area contributed by atoms with Gasteiger partial charge in [-0.05, 0) is 37.4 Å². The number of anilines is 1. The van der Waals surface area contributed by atoms with Crippen molar-refractivity contribution in [2.75, 3.05) is 25.0 Å². The summed E-state index contributed by atoms with van der Waals surface area (Å²) < 4.78 is 0. The average Bonchev–Trinajstić information content (AvgIpc) is 2.45. The molecule has 3 nitrogen and oxygen atoms in total. The zero-order valence-electron chi connectivity index (χ0n) is 12.6. The van der Waals surface area contributed by atoms with Crippen LogP contribution in [0.25, 0.3) is 0 Å². The first-order chi connectivity index (χ1) is 9.10. The molecule has 3 aliphatic heterocycles. The van der Waals surface area contributed by atoms with Gasteiger partial charge in [-0.2, -0.15) is 0 Å². The molecule has 0 aliphatic carbocycles. The molecular formula is C16H25N3. The lowest BCUT2D eigenvalue weighted by molar-refractivity contribution is 0.0261. The Morgan fingerprint density at radius 2 is 1.95 bits per heavy atom. The summed E-state index contributed by atoms with van der Waals surface area (Å²) in [7, 11) is 2.25. The predicted molar refractivity (Wildman–Crippen MR) is 79.9 cm³/mol. The minimum atomic E-state index is 0.567. The second-order valence-corrected chi connectivity index (χ2v) is 6.33. The first-order valence-corrected chi connectivity index (χ1v) is 7.56. The van der Waals surface area contributed by atoms with Crippen molar-refractivity contribution in [2.24, 2.45) is 0 Å². The summed E-state index contributed by atoms with van der Waals surface area (Å²) in [5.74, 6) is 1.75. The van der Waals surface area contributed by atoms with Crippen LogP contribution in [-0.2, 0) is 6.42 Å². The van der Waals surface area contributed by atoms with E-state index in [0.29, 0.717) is 5.92 Å². The first kappa shape index (κ1) is 12.9. The monoisotopic (exact) mass is 259 g/mol. The Morgan fingerprint density at radius 1 is 1.26 bits per heavy atom. The Kier molecular flexibility index (Phi) is 3.25. The molecule has 1 aromatic rings. The molecule has 0 N–H and O–H groups in total. The van der Waals surface area contributed by atoms with Gasteiger partial charge in [0.2, 0.25) is 0 Å². The maximum Gasteiger partial charge on any atom is 0.128 e. The third-order valence-electron chi connectivity index (χ3n) is 4.83. The van der Waals surface area contributed by atoms with E-state index in [2.05, 4.69) is 49.8 Å². The molecule has 0 radical (unpaired) electrons. The van der Waals surface area contributed by atoms with Crippen molar-refractivity contribution in [1.29, 1.82) is 0 Å². The van der Waals surface area contributed by atoms with Crippen LogP contribution in [0.1, 0.15) is 44.4 Å². The van der Waals surface area contributed by atoms with Crippen molar-refractivity contribution in [3.63, 3.8) is 0 Å². The van der Waals surface area contributed by atoms with Crippen LogP contribution in [0.2, 0.25) is 0 Å². The summed E-state index contributed by atoms with van der Waals surface area (Å²) in [5, 5.41) is 0. The second kappa shape index (κ2) is 4.78. The van der Waals surface area contributed by atoms with Gasteiger partial charge in [-0.25, -0.2) is 4.98 Å². The lowest BCUT2D eigenvalue weighted by atomic mass is 9.88. The molecule has 2 atom stereocenters. The van der Waals surface area contributed by atoms with Gasteiger partial charge >= 0.3 is 0 Å². The smallest absolute Gasteiger partial charge is 0.128 e. The topological polar surface area (TPSA) is 19.4 Å². The normalized spacial score (nSPS) is 26.7. The quantitative estimate of drug-likeness (QED) is 0.832. The van der Waals surface area contributed by atoms with Crippen molar-refractivity contribution in [3.05, 3.63) is 23.4 Å². The Morgan fingerprint density at radius 3 is 2.47 bits per heavy atom. The standard InChI is InChI=1S/C16H25N3/c1-5-15-14(11(2)3)6-7-16(17-15)19-9-12-8-13(10-19)18(12)4/h6-7,11-13H,5,8-10H2,1-4H3. The number of fused-ring (bicyclic) bond motifs is 2. The largest absolute Gasteiger partial charge is 0.353 e. The Labute approximate surface area is 116 Å². The molecule has 3 aliphatic rings. The van der Waals surface area contributed by atoms with E-state index in [1.807, 2.05) is 0 Å². The van der Waals surface area contributed by atoms with Crippen molar-refractivity contribution >= 4 is 5.82 Å². The van der Waals surface area contributed by atoms with Crippen LogP contribution in [0.4, 0.5) is 5.82 Å². The fraction of sp³-hybridized carbons (Fsp3) is 0.688. The lowest BCUT2D eigenvalue weighted by Crippen LogP contribution is -2.67. The maximum atomic E-state index is 4.92. The minimum Gasteiger partial charge on any atom is -0.353 e. The van der Waals surface area contributed by atoms with Crippen LogP contribution in [0.15, 0.2) is 12.1 Å². The molecule has 0 saturated carbocycles. The summed E-state index contributed by atoms with van der Waals surface area (Å²) in [4.78, 5) is 9.91. The summed E-state index contributed by atoms with van der Waals surface area (Å²) in [6, 6.07) is 6.00. The molecule has 0 spiro atoms. The van der Waals surface area contributed by atoms with Gasteiger partial charge in [0.25, 0.3) is 0 Å². The van der Waals surface area contributed by atoms with E-state index >= 15 is 0 Å². The molecule has 4 rings (SSSR count). The lowest BCUT2D eigenvalue weighted by Gasteiger charge is -2.55. The number of piperidine rings is 1. The van der Waals surface area contributed by atoms with E-state index in [1.165, 1.54) is 23.5 Å². The Bertz CT molecular complexity index is 457. The fourth-order valence-electron chi connectivity index (χ4n) is 3.47. The SMILES string of the molecule is CCc1nc(N2CC3CC(C2)N3C)ccc1C(C)C. The Hall–Kier alpha value is -1.09. The van der Waals surface area contributed by atoms with Gasteiger partial charge in [-0.3, -0.25) is 4.90 Å². The highest BCUT2D eigenvalue weighted by molar-refractivity contribution is 5.44. The molecule has 104 valence electrons. The number of rotatable bonds is 3. The fourth-order valence-corrected chi connectivity index (χ4v) is 3.47. The molecule has 0 aromatic carbocycles. The Balaban J connectivity index is 1.82. The van der Waals surface area contributed by atoms with E-state index in [1.54, 1.807) is 0 Å². The number of aromatic nitrogens is 1. The summed E-state index contributed by atoms with van der Waals surface area (Å²) in [6.45, 7) is 9.00. The third-order valence-corrected chi connectivity index (χ3v) is 4.83. The van der Waals surface area contributed by atoms with Crippen molar-refractivity contribution < 1.29 is 0 Å².